The van der Waals surface area contributed by atoms with Crippen LogP contribution in [-0.4, -0.2) is 25.0 Å². The number of carbonyl (C=O) groups is 1. The fraction of sp³-hybridized carbons (Fsp3) is 0.235. The van der Waals surface area contributed by atoms with Crippen molar-refractivity contribution in [3.05, 3.63) is 65.7 Å². The third kappa shape index (κ3) is 2.82. The minimum absolute atomic E-state index is 0.00371. The zero-order valence-corrected chi connectivity index (χ0v) is 12.0. The predicted octanol–water partition coefficient (Wildman–Crippen LogP) is 3.53. The molecule has 0 radical (unpaired) electrons. The number of rotatable bonds is 4. The molecule has 3 nitrogen and oxygen atoms in total. The first-order valence-corrected chi connectivity index (χ1v) is 6.60. The summed E-state index contributed by atoms with van der Waals surface area (Å²) in [5, 5.41) is 0. The third-order valence-electron chi connectivity index (χ3n) is 3.51. The molecule has 0 spiro atoms. The zero-order valence-electron chi connectivity index (χ0n) is 12.0. The van der Waals surface area contributed by atoms with Crippen LogP contribution in [0.15, 0.2) is 54.6 Å². The van der Waals surface area contributed by atoms with Gasteiger partial charge in [0.1, 0.15) is 5.75 Å². The van der Waals surface area contributed by atoms with E-state index in [1.165, 1.54) is 0 Å². The number of para-hydroxylation sites is 1. The second-order valence-corrected chi connectivity index (χ2v) is 4.70. The quantitative estimate of drug-likeness (QED) is 0.849. The maximum atomic E-state index is 12.4. The summed E-state index contributed by atoms with van der Waals surface area (Å²) in [6.07, 6.45) is 0. The molecule has 1 atom stereocenters. The van der Waals surface area contributed by atoms with Crippen molar-refractivity contribution in [1.82, 2.24) is 4.90 Å². The number of nitrogens with zero attached hydrogens (tertiary/aromatic N) is 1. The summed E-state index contributed by atoms with van der Waals surface area (Å²) < 4.78 is 5.36. The molecule has 1 unspecified atom stereocenters. The first-order valence-electron chi connectivity index (χ1n) is 6.60. The van der Waals surface area contributed by atoms with E-state index in [2.05, 4.69) is 0 Å². The molecule has 0 aliphatic heterocycles. The molecule has 0 aromatic heterocycles. The number of amides is 1. The van der Waals surface area contributed by atoms with Gasteiger partial charge in [-0.05, 0) is 25.1 Å². The number of ether oxygens (including phenoxy) is 1. The van der Waals surface area contributed by atoms with Gasteiger partial charge < -0.3 is 9.64 Å². The SMILES string of the molecule is COc1ccccc1C(C)N(C)C(=O)c1ccccc1. The molecule has 0 saturated heterocycles. The summed E-state index contributed by atoms with van der Waals surface area (Å²) >= 11 is 0. The van der Waals surface area contributed by atoms with E-state index in [9.17, 15) is 4.79 Å². The van der Waals surface area contributed by atoms with Gasteiger partial charge in [0.2, 0.25) is 0 Å². The highest BCUT2D eigenvalue weighted by atomic mass is 16.5. The Hall–Kier alpha value is -2.29. The van der Waals surface area contributed by atoms with Crippen molar-refractivity contribution in [2.45, 2.75) is 13.0 Å². The molecular weight excluding hydrogens is 250 g/mol. The molecule has 0 N–H and O–H groups in total. The molecule has 2 aromatic rings. The van der Waals surface area contributed by atoms with Crippen LogP contribution in [0.3, 0.4) is 0 Å². The molecule has 0 saturated carbocycles. The summed E-state index contributed by atoms with van der Waals surface area (Å²) in [5.74, 6) is 0.803. The Morgan fingerprint density at radius 3 is 2.30 bits per heavy atom. The lowest BCUT2D eigenvalue weighted by atomic mass is 10.0. The topological polar surface area (TPSA) is 29.5 Å². The number of benzene rings is 2. The van der Waals surface area contributed by atoms with Crippen LogP contribution in [0.25, 0.3) is 0 Å². The standard InChI is InChI=1S/C17H19NO2/c1-13(15-11-7-8-12-16(15)20-3)18(2)17(19)14-9-5-4-6-10-14/h4-13H,1-3H3. The lowest BCUT2D eigenvalue weighted by Gasteiger charge is -2.26. The van der Waals surface area contributed by atoms with Crippen molar-refractivity contribution in [3.8, 4) is 5.75 Å². The third-order valence-corrected chi connectivity index (χ3v) is 3.51. The van der Waals surface area contributed by atoms with Gasteiger partial charge in [0.25, 0.3) is 5.91 Å². The highest BCUT2D eigenvalue weighted by Gasteiger charge is 2.20. The normalized spacial score (nSPS) is 11.8. The fourth-order valence-electron chi connectivity index (χ4n) is 2.18. The van der Waals surface area contributed by atoms with Crippen molar-refractivity contribution in [3.63, 3.8) is 0 Å². The lowest BCUT2D eigenvalue weighted by molar-refractivity contribution is 0.0741. The van der Waals surface area contributed by atoms with Gasteiger partial charge >= 0.3 is 0 Å². The average Bonchev–Trinajstić information content (AvgIpc) is 2.53. The summed E-state index contributed by atoms with van der Waals surface area (Å²) in [6, 6.07) is 17.0. The van der Waals surface area contributed by atoms with E-state index in [4.69, 9.17) is 4.74 Å². The van der Waals surface area contributed by atoms with Crippen molar-refractivity contribution < 1.29 is 9.53 Å². The monoisotopic (exact) mass is 269 g/mol. The van der Waals surface area contributed by atoms with Gasteiger partial charge in [0.05, 0.1) is 13.2 Å². The first kappa shape index (κ1) is 14.1. The van der Waals surface area contributed by atoms with Gasteiger partial charge in [-0.1, -0.05) is 36.4 Å². The van der Waals surface area contributed by atoms with E-state index in [-0.39, 0.29) is 11.9 Å². The number of carbonyl (C=O) groups excluding carboxylic acids is 1. The van der Waals surface area contributed by atoms with Crippen LogP contribution in [0.5, 0.6) is 5.75 Å². The Balaban J connectivity index is 2.24. The molecule has 1 amide bonds. The van der Waals surface area contributed by atoms with E-state index in [1.807, 2.05) is 68.6 Å². The molecule has 0 fully saturated rings. The van der Waals surface area contributed by atoms with Crippen molar-refractivity contribution in [2.75, 3.05) is 14.2 Å². The summed E-state index contributed by atoms with van der Waals surface area (Å²) in [6.45, 7) is 2.00. The molecule has 0 aliphatic rings. The van der Waals surface area contributed by atoms with Crippen LogP contribution >= 0.6 is 0 Å². The van der Waals surface area contributed by atoms with Crippen LogP contribution in [0.4, 0.5) is 0 Å². The Labute approximate surface area is 119 Å². The maximum absolute atomic E-state index is 12.4. The van der Waals surface area contributed by atoms with Gasteiger partial charge in [-0.3, -0.25) is 4.79 Å². The van der Waals surface area contributed by atoms with Crippen molar-refractivity contribution >= 4 is 5.91 Å². The van der Waals surface area contributed by atoms with Gasteiger partial charge in [0.15, 0.2) is 0 Å². The van der Waals surface area contributed by atoms with E-state index in [0.717, 1.165) is 11.3 Å². The minimum atomic E-state index is -0.0566. The van der Waals surface area contributed by atoms with Gasteiger partial charge in [-0.15, -0.1) is 0 Å². The van der Waals surface area contributed by atoms with Crippen LogP contribution < -0.4 is 4.74 Å². The van der Waals surface area contributed by atoms with E-state index < -0.39 is 0 Å². The van der Waals surface area contributed by atoms with Crippen molar-refractivity contribution in [1.29, 1.82) is 0 Å². The highest BCUT2D eigenvalue weighted by molar-refractivity contribution is 5.94. The summed E-state index contributed by atoms with van der Waals surface area (Å²) in [4.78, 5) is 14.2. The zero-order chi connectivity index (χ0) is 14.5. The molecule has 0 aliphatic carbocycles. The molecule has 2 aromatic carbocycles. The van der Waals surface area contributed by atoms with Crippen molar-refractivity contribution in [2.24, 2.45) is 0 Å². The molecule has 3 heteroatoms. The Morgan fingerprint density at radius 1 is 1.05 bits per heavy atom. The van der Waals surface area contributed by atoms with E-state index >= 15 is 0 Å². The van der Waals surface area contributed by atoms with Crippen LogP contribution in [0, 0.1) is 0 Å². The van der Waals surface area contributed by atoms with E-state index in [0.29, 0.717) is 5.56 Å². The first-order chi connectivity index (χ1) is 9.65. The van der Waals surface area contributed by atoms with Gasteiger partial charge in [0, 0.05) is 18.2 Å². The second kappa shape index (κ2) is 6.24. The Kier molecular flexibility index (Phi) is 4.41. The Bertz CT molecular complexity index is 581. The smallest absolute Gasteiger partial charge is 0.254 e. The van der Waals surface area contributed by atoms with E-state index in [1.54, 1.807) is 12.0 Å². The molecular formula is C17H19NO2. The maximum Gasteiger partial charge on any atom is 0.254 e. The number of hydrogen-bond donors (Lipinski definition) is 0. The molecule has 2 rings (SSSR count). The fourth-order valence-corrected chi connectivity index (χ4v) is 2.18. The number of methoxy groups -OCH3 is 1. The van der Waals surface area contributed by atoms with Crippen LogP contribution in [-0.2, 0) is 0 Å². The molecule has 20 heavy (non-hydrogen) atoms. The Morgan fingerprint density at radius 2 is 1.65 bits per heavy atom. The predicted molar refractivity (Wildman–Crippen MR) is 79.9 cm³/mol. The average molecular weight is 269 g/mol. The number of hydrogen-bond acceptors (Lipinski definition) is 2. The summed E-state index contributed by atoms with van der Waals surface area (Å²) in [7, 11) is 3.46. The lowest BCUT2D eigenvalue weighted by Crippen LogP contribution is -2.29. The second-order valence-electron chi connectivity index (χ2n) is 4.70. The highest BCUT2D eigenvalue weighted by Crippen LogP contribution is 2.28. The van der Waals surface area contributed by atoms with Crippen LogP contribution in [0.2, 0.25) is 0 Å². The minimum Gasteiger partial charge on any atom is -0.496 e. The van der Waals surface area contributed by atoms with Gasteiger partial charge in [-0.25, -0.2) is 0 Å². The molecule has 0 bridgehead atoms. The molecule has 0 heterocycles. The largest absolute Gasteiger partial charge is 0.496 e. The van der Waals surface area contributed by atoms with Crippen LogP contribution in [0.1, 0.15) is 28.9 Å². The van der Waals surface area contributed by atoms with Gasteiger partial charge in [-0.2, -0.15) is 0 Å². The molecule has 104 valence electrons. The summed E-state index contributed by atoms with van der Waals surface area (Å²) in [5.41, 5.74) is 1.69.